The molecular formula is C25H34FN3O5S. The Balaban J connectivity index is 2.07. The molecule has 2 N–H and O–H groups in total. The molecular weight excluding hydrogens is 473 g/mol. The number of likely N-dealkylation sites (N-methyl/N-ethyl adjacent to an activating group) is 1. The third-order valence-corrected chi connectivity index (χ3v) is 8.20. The summed E-state index contributed by atoms with van der Waals surface area (Å²) in [7, 11) is -2.36. The number of sulfonamides is 1. The highest BCUT2D eigenvalue weighted by Gasteiger charge is 2.38. The molecule has 0 radical (unpaired) electrons. The molecule has 0 bridgehead atoms. The number of aliphatic hydroxyl groups is 1. The molecule has 0 fully saturated rings. The molecule has 2 aromatic carbocycles. The summed E-state index contributed by atoms with van der Waals surface area (Å²) in [6.45, 7) is 5.95. The zero-order chi connectivity index (χ0) is 25.8. The van der Waals surface area contributed by atoms with Crippen LogP contribution in [0.25, 0.3) is 11.1 Å². The number of hydrogen-bond acceptors (Lipinski definition) is 5. The molecule has 192 valence electrons. The van der Waals surface area contributed by atoms with Crippen molar-refractivity contribution in [3.05, 3.63) is 48.3 Å². The summed E-state index contributed by atoms with van der Waals surface area (Å²) in [6.07, 6.45) is 0.249. The number of halogens is 1. The first-order chi connectivity index (χ1) is 16.6. The van der Waals surface area contributed by atoms with Crippen LogP contribution in [0, 0.1) is 11.7 Å². The standard InChI is InChI=1S/C25H34FN3O5S/c1-5-12-27-25(31)28(4)15-23-17(2)14-29(18(3)16-30)35(32,33)24-11-10-19(13-22(24)34-23)20-8-6-7-9-21(20)26/h6-11,13,17-18,23,30H,5,12,14-16H2,1-4H3,(H,27,31)/t17-,18-,23-/m0/s1. The molecule has 0 saturated carbocycles. The zero-order valence-corrected chi connectivity index (χ0v) is 21.4. The highest BCUT2D eigenvalue weighted by Crippen LogP contribution is 2.37. The van der Waals surface area contributed by atoms with E-state index in [1.807, 2.05) is 13.8 Å². The molecule has 0 saturated heterocycles. The highest BCUT2D eigenvalue weighted by molar-refractivity contribution is 7.89. The molecule has 0 aromatic heterocycles. The maximum absolute atomic E-state index is 14.5. The van der Waals surface area contributed by atoms with E-state index in [0.29, 0.717) is 17.7 Å². The molecule has 10 heteroatoms. The molecule has 0 unspecified atom stereocenters. The Kier molecular flexibility index (Phi) is 8.74. The van der Waals surface area contributed by atoms with Crippen LogP contribution in [-0.2, 0) is 10.0 Å². The number of carbonyl (C=O) groups excluding carboxylic acids is 1. The van der Waals surface area contributed by atoms with Crippen LogP contribution >= 0.6 is 0 Å². The second-order valence-electron chi connectivity index (χ2n) is 8.99. The summed E-state index contributed by atoms with van der Waals surface area (Å²) in [5.41, 5.74) is 0.791. The van der Waals surface area contributed by atoms with Gasteiger partial charge in [0, 0.05) is 37.7 Å². The van der Waals surface area contributed by atoms with Gasteiger partial charge >= 0.3 is 6.03 Å². The van der Waals surface area contributed by atoms with Crippen molar-refractivity contribution >= 4 is 16.1 Å². The Bertz CT molecular complexity index is 1140. The first-order valence-electron chi connectivity index (χ1n) is 11.8. The average Bonchev–Trinajstić information content (AvgIpc) is 2.84. The number of nitrogens with zero attached hydrogens (tertiary/aromatic N) is 2. The molecule has 8 nitrogen and oxygen atoms in total. The highest BCUT2D eigenvalue weighted by atomic mass is 32.2. The number of amides is 2. The van der Waals surface area contributed by atoms with Gasteiger partial charge in [-0.1, -0.05) is 38.1 Å². The summed E-state index contributed by atoms with van der Waals surface area (Å²) < 4.78 is 49.2. The summed E-state index contributed by atoms with van der Waals surface area (Å²) in [6, 6.07) is 9.80. The van der Waals surface area contributed by atoms with Gasteiger partial charge in [0.2, 0.25) is 10.0 Å². The van der Waals surface area contributed by atoms with Crippen molar-refractivity contribution < 1.29 is 27.4 Å². The van der Waals surface area contributed by atoms with Gasteiger partial charge in [-0.2, -0.15) is 4.31 Å². The topological polar surface area (TPSA) is 99.2 Å². The monoisotopic (exact) mass is 507 g/mol. The lowest BCUT2D eigenvalue weighted by molar-refractivity contribution is 0.0813. The summed E-state index contributed by atoms with van der Waals surface area (Å²) >= 11 is 0. The van der Waals surface area contributed by atoms with Crippen LogP contribution in [0.3, 0.4) is 0 Å². The Morgan fingerprint density at radius 3 is 2.69 bits per heavy atom. The van der Waals surface area contributed by atoms with Gasteiger partial charge in [0.1, 0.15) is 22.6 Å². The van der Waals surface area contributed by atoms with Crippen molar-refractivity contribution in [1.82, 2.24) is 14.5 Å². The van der Waals surface area contributed by atoms with E-state index in [4.69, 9.17) is 4.74 Å². The number of rotatable bonds is 7. The van der Waals surface area contributed by atoms with E-state index in [0.717, 1.165) is 6.42 Å². The molecule has 35 heavy (non-hydrogen) atoms. The minimum absolute atomic E-state index is 0.0622. The zero-order valence-electron chi connectivity index (χ0n) is 20.6. The molecule has 0 aliphatic carbocycles. The fraction of sp³-hybridized carbons (Fsp3) is 0.480. The summed E-state index contributed by atoms with van der Waals surface area (Å²) in [4.78, 5) is 13.9. The van der Waals surface area contributed by atoms with E-state index in [1.165, 1.54) is 27.4 Å². The van der Waals surface area contributed by atoms with Crippen LogP contribution in [0.5, 0.6) is 5.75 Å². The average molecular weight is 508 g/mol. The summed E-state index contributed by atoms with van der Waals surface area (Å²) in [5.74, 6) is -0.667. The van der Waals surface area contributed by atoms with Crippen molar-refractivity contribution in [3.8, 4) is 16.9 Å². The lowest BCUT2D eigenvalue weighted by atomic mass is 10.0. The summed E-state index contributed by atoms with van der Waals surface area (Å²) in [5, 5.41) is 12.6. The van der Waals surface area contributed by atoms with Crippen LogP contribution in [0.1, 0.15) is 27.2 Å². The smallest absolute Gasteiger partial charge is 0.317 e. The SMILES string of the molecule is CCCNC(=O)N(C)C[C@@H]1Oc2cc(-c3ccccc3F)ccc2S(=O)(=O)N([C@@H](C)CO)C[C@@H]1C. The maximum atomic E-state index is 14.5. The number of carbonyl (C=O) groups is 1. The number of benzene rings is 2. The van der Waals surface area contributed by atoms with E-state index in [1.54, 1.807) is 38.2 Å². The second kappa shape index (κ2) is 11.4. The second-order valence-corrected chi connectivity index (χ2v) is 10.9. The van der Waals surface area contributed by atoms with Crippen molar-refractivity contribution in [2.45, 2.75) is 44.2 Å². The molecule has 2 aromatic rings. The fourth-order valence-electron chi connectivity index (χ4n) is 4.03. The largest absolute Gasteiger partial charge is 0.487 e. The van der Waals surface area contributed by atoms with Crippen molar-refractivity contribution in [2.75, 3.05) is 33.3 Å². The number of urea groups is 1. The van der Waals surface area contributed by atoms with Crippen LogP contribution in [-0.4, -0.2) is 74.2 Å². The lowest BCUT2D eigenvalue weighted by Gasteiger charge is -2.37. The predicted molar refractivity (Wildman–Crippen MR) is 132 cm³/mol. The van der Waals surface area contributed by atoms with Crippen LogP contribution in [0.15, 0.2) is 47.4 Å². The fourth-order valence-corrected chi connectivity index (χ4v) is 5.85. The van der Waals surface area contributed by atoms with Crippen LogP contribution in [0.4, 0.5) is 9.18 Å². The van der Waals surface area contributed by atoms with Gasteiger partial charge < -0.3 is 20.1 Å². The quantitative estimate of drug-likeness (QED) is 0.599. The molecule has 1 heterocycles. The lowest BCUT2D eigenvalue weighted by Crippen LogP contribution is -2.51. The van der Waals surface area contributed by atoms with E-state index in [-0.39, 0.29) is 42.3 Å². The van der Waals surface area contributed by atoms with Crippen molar-refractivity contribution in [1.29, 1.82) is 0 Å². The van der Waals surface area contributed by atoms with Crippen LogP contribution in [0.2, 0.25) is 0 Å². The first kappa shape index (κ1) is 26.9. The van der Waals surface area contributed by atoms with Crippen molar-refractivity contribution in [3.63, 3.8) is 0 Å². The molecule has 3 rings (SSSR count). The molecule has 2 amide bonds. The van der Waals surface area contributed by atoms with E-state index >= 15 is 0 Å². The van der Waals surface area contributed by atoms with Gasteiger partial charge in [-0.3, -0.25) is 0 Å². The number of aliphatic hydroxyl groups excluding tert-OH is 1. The maximum Gasteiger partial charge on any atom is 0.317 e. The molecule has 1 aliphatic rings. The normalized spacial score (nSPS) is 20.6. The number of fused-ring (bicyclic) bond motifs is 1. The Morgan fingerprint density at radius 2 is 2.03 bits per heavy atom. The molecule has 1 aliphatic heterocycles. The third-order valence-electron chi connectivity index (χ3n) is 6.18. The predicted octanol–water partition coefficient (Wildman–Crippen LogP) is 3.31. The van der Waals surface area contributed by atoms with E-state index < -0.39 is 28.0 Å². The first-order valence-corrected chi connectivity index (χ1v) is 13.2. The van der Waals surface area contributed by atoms with Gasteiger partial charge in [0.15, 0.2) is 0 Å². The molecule has 0 spiro atoms. The number of ether oxygens (including phenoxy) is 1. The van der Waals surface area contributed by atoms with E-state index in [2.05, 4.69) is 5.32 Å². The Morgan fingerprint density at radius 1 is 1.31 bits per heavy atom. The minimum Gasteiger partial charge on any atom is -0.487 e. The Hall–Kier alpha value is -2.69. The van der Waals surface area contributed by atoms with Gasteiger partial charge in [-0.15, -0.1) is 0 Å². The van der Waals surface area contributed by atoms with Gasteiger partial charge in [-0.05, 0) is 37.1 Å². The number of nitrogens with one attached hydrogen (secondary N) is 1. The van der Waals surface area contributed by atoms with Crippen LogP contribution < -0.4 is 10.1 Å². The van der Waals surface area contributed by atoms with Crippen molar-refractivity contribution in [2.24, 2.45) is 5.92 Å². The minimum atomic E-state index is -4.01. The van der Waals surface area contributed by atoms with Gasteiger partial charge in [-0.25, -0.2) is 17.6 Å². The van der Waals surface area contributed by atoms with E-state index in [9.17, 15) is 22.7 Å². The molecule has 3 atom stereocenters. The van der Waals surface area contributed by atoms with Gasteiger partial charge in [0.25, 0.3) is 0 Å². The Labute approximate surface area is 206 Å². The third kappa shape index (κ3) is 5.94. The van der Waals surface area contributed by atoms with Gasteiger partial charge in [0.05, 0.1) is 13.2 Å². The number of hydrogen-bond donors (Lipinski definition) is 2.